The third-order valence-corrected chi connectivity index (χ3v) is 3.83. The molecular weight excluding hydrogens is 264 g/mol. The fraction of sp³-hybridized carbons (Fsp3) is 0.538. The van der Waals surface area contributed by atoms with Gasteiger partial charge in [-0.15, -0.1) is 0 Å². The van der Waals surface area contributed by atoms with Gasteiger partial charge in [0.15, 0.2) is 0 Å². The molecule has 0 heterocycles. The van der Waals surface area contributed by atoms with Gasteiger partial charge in [-0.2, -0.15) is 0 Å². The summed E-state index contributed by atoms with van der Waals surface area (Å²) in [4.78, 5) is 0. The van der Waals surface area contributed by atoms with Crippen LogP contribution < -0.4 is 16.0 Å². The van der Waals surface area contributed by atoms with E-state index in [0.717, 1.165) is 11.3 Å². The number of ether oxygens (including phenoxy) is 1. The second-order valence-electron chi connectivity index (χ2n) is 4.49. The molecule has 0 aliphatic carbocycles. The molecule has 3 N–H and O–H groups in total. The summed E-state index contributed by atoms with van der Waals surface area (Å²) in [5, 5.41) is 0. The molecule has 0 saturated carbocycles. The zero-order valence-corrected chi connectivity index (χ0v) is 12.2. The standard InChI is InChI=1S/C13H22N2O3S/c1-3-18-12-8-6-11(7-9-12)13(15-14)5-4-10-19(2,16)17/h6-9,13,15H,3-5,10,14H2,1-2H3. The molecule has 0 radical (unpaired) electrons. The van der Waals surface area contributed by atoms with Gasteiger partial charge in [0.2, 0.25) is 0 Å². The van der Waals surface area contributed by atoms with Crippen LogP contribution in [0.4, 0.5) is 0 Å². The molecular formula is C13H22N2O3S. The highest BCUT2D eigenvalue weighted by Crippen LogP contribution is 2.21. The Morgan fingerprint density at radius 1 is 1.32 bits per heavy atom. The van der Waals surface area contributed by atoms with Gasteiger partial charge in [-0.25, -0.2) is 8.42 Å². The Morgan fingerprint density at radius 2 is 1.95 bits per heavy atom. The molecule has 0 aromatic heterocycles. The van der Waals surface area contributed by atoms with Crippen molar-refractivity contribution in [2.45, 2.75) is 25.8 Å². The van der Waals surface area contributed by atoms with E-state index in [-0.39, 0.29) is 11.8 Å². The monoisotopic (exact) mass is 286 g/mol. The first-order valence-electron chi connectivity index (χ1n) is 6.33. The molecule has 0 aliphatic rings. The van der Waals surface area contributed by atoms with Gasteiger partial charge in [0.25, 0.3) is 0 Å². The molecule has 0 spiro atoms. The molecule has 0 aliphatic heterocycles. The Bertz CT molecular complexity index is 471. The summed E-state index contributed by atoms with van der Waals surface area (Å²) in [5.74, 6) is 6.52. The molecule has 0 fully saturated rings. The third kappa shape index (κ3) is 6.04. The number of benzene rings is 1. The Balaban J connectivity index is 2.59. The van der Waals surface area contributed by atoms with Crippen molar-refractivity contribution in [3.05, 3.63) is 29.8 Å². The fourth-order valence-electron chi connectivity index (χ4n) is 1.86. The normalized spacial score (nSPS) is 13.2. The molecule has 0 amide bonds. The van der Waals surface area contributed by atoms with E-state index in [1.54, 1.807) is 0 Å². The van der Waals surface area contributed by atoms with Gasteiger partial charge in [-0.05, 0) is 37.5 Å². The van der Waals surface area contributed by atoms with Crippen molar-refractivity contribution in [3.63, 3.8) is 0 Å². The third-order valence-electron chi connectivity index (χ3n) is 2.80. The molecule has 108 valence electrons. The molecule has 0 bridgehead atoms. The Kier molecular flexibility index (Phi) is 6.27. The molecule has 1 rings (SSSR count). The van der Waals surface area contributed by atoms with Gasteiger partial charge in [-0.1, -0.05) is 12.1 Å². The van der Waals surface area contributed by atoms with E-state index in [2.05, 4.69) is 5.43 Å². The second-order valence-corrected chi connectivity index (χ2v) is 6.75. The van der Waals surface area contributed by atoms with E-state index < -0.39 is 9.84 Å². The van der Waals surface area contributed by atoms with Gasteiger partial charge in [-0.3, -0.25) is 11.3 Å². The molecule has 0 saturated heterocycles. The van der Waals surface area contributed by atoms with E-state index in [0.29, 0.717) is 19.4 Å². The lowest BCUT2D eigenvalue weighted by molar-refractivity contribution is 0.340. The van der Waals surface area contributed by atoms with Crippen molar-refractivity contribution < 1.29 is 13.2 Å². The number of nitrogens with one attached hydrogen (secondary N) is 1. The summed E-state index contributed by atoms with van der Waals surface area (Å²) in [6, 6.07) is 7.61. The summed E-state index contributed by atoms with van der Waals surface area (Å²) in [6.45, 7) is 2.57. The highest BCUT2D eigenvalue weighted by molar-refractivity contribution is 7.90. The molecule has 1 aromatic carbocycles. The average Bonchev–Trinajstić information content (AvgIpc) is 2.35. The van der Waals surface area contributed by atoms with Crippen LogP contribution in [0.3, 0.4) is 0 Å². The Labute approximate surface area is 115 Å². The minimum atomic E-state index is -2.91. The van der Waals surface area contributed by atoms with Crippen LogP contribution in [0.1, 0.15) is 31.4 Å². The lowest BCUT2D eigenvalue weighted by Gasteiger charge is -2.16. The number of rotatable bonds is 8. The van der Waals surface area contributed by atoms with Crippen LogP contribution in [0.15, 0.2) is 24.3 Å². The van der Waals surface area contributed by atoms with E-state index in [1.165, 1.54) is 6.26 Å². The van der Waals surface area contributed by atoms with Crippen LogP contribution in [0, 0.1) is 0 Å². The highest BCUT2D eigenvalue weighted by atomic mass is 32.2. The summed E-state index contributed by atoms with van der Waals surface area (Å²) in [7, 11) is -2.91. The zero-order chi connectivity index (χ0) is 14.3. The molecule has 1 aromatic rings. The number of hydrazine groups is 1. The van der Waals surface area contributed by atoms with Crippen LogP contribution >= 0.6 is 0 Å². The van der Waals surface area contributed by atoms with Gasteiger partial charge in [0, 0.05) is 18.1 Å². The first-order chi connectivity index (χ1) is 8.96. The van der Waals surface area contributed by atoms with Crippen LogP contribution in [0.2, 0.25) is 0 Å². The number of nitrogens with two attached hydrogens (primary N) is 1. The van der Waals surface area contributed by atoms with Crippen molar-refractivity contribution in [3.8, 4) is 5.75 Å². The average molecular weight is 286 g/mol. The quantitative estimate of drug-likeness (QED) is 0.558. The van der Waals surface area contributed by atoms with Crippen LogP contribution in [-0.4, -0.2) is 27.0 Å². The Hall–Kier alpha value is -1.11. The van der Waals surface area contributed by atoms with Gasteiger partial charge >= 0.3 is 0 Å². The lowest BCUT2D eigenvalue weighted by Crippen LogP contribution is -2.28. The first kappa shape index (κ1) is 15.9. The van der Waals surface area contributed by atoms with Crippen molar-refractivity contribution >= 4 is 9.84 Å². The van der Waals surface area contributed by atoms with Gasteiger partial charge in [0.1, 0.15) is 15.6 Å². The van der Waals surface area contributed by atoms with Crippen molar-refractivity contribution in [2.24, 2.45) is 5.84 Å². The predicted molar refractivity (Wildman–Crippen MR) is 76.6 cm³/mol. The van der Waals surface area contributed by atoms with E-state index in [9.17, 15) is 8.42 Å². The zero-order valence-electron chi connectivity index (χ0n) is 11.4. The van der Waals surface area contributed by atoms with Crippen LogP contribution in [0.5, 0.6) is 5.75 Å². The molecule has 1 atom stereocenters. The van der Waals surface area contributed by atoms with E-state index in [1.807, 2.05) is 31.2 Å². The summed E-state index contributed by atoms with van der Waals surface area (Å²) in [5.41, 5.74) is 3.75. The van der Waals surface area contributed by atoms with E-state index >= 15 is 0 Å². The summed E-state index contributed by atoms with van der Waals surface area (Å²) < 4.78 is 27.5. The molecule has 19 heavy (non-hydrogen) atoms. The minimum absolute atomic E-state index is 0.0440. The van der Waals surface area contributed by atoms with Crippen molar-refractivity contribution in [1.82, 2.24) is 5.43 Å². The number of hydrogen-bond donors (Lipinski definition) is 2. The van der Waals surface area contributed by atoms with Crippen molar-refractivity contribution in [1.29, 1.82) is 0 Å². The van der Waals surface area contributed by atoms with Crippen LogP contribution in [-0.2, 0) is 9.84 Å². The fourth-order valence-corrected chi connectivity index (χ4v) is 2.55. The number of sulfone groups is 1. The van der Waals surface area contributed by atoms with Crippen LogP contribution in [0.25, 0.3) is 0 Å². The second kappa shape index (κ2) is 7.47. The Morgan fingerprint density at radius 3 is 2.42 bits per heavy atom. The maximum Gasteiger partial charge on any atom is 0.147 e. The maximum atomic E-state index is 11.1. The topological polar surface area (TPSA) is 81.4 Å². The van der Waals surface area contributed by atoms with Gasteiger partial charge < -0.3 is 4.74 Å². The van der Waals surface area contributed by atoms with E-state index in [4.69, 9.17) is 10.6 Å². The minimum Gasteiger partial charge on any atom is -0.494 e. The molecule has 1 unspecified atom stereocenters. The summed E-state index contributed by atoms with van der Waals surface area (Å²) in [6.07, 6.45) is 2.51. The van der Waals surface area contributed by atoms with Gasteiger partial charge in [0.05, 0.1) is 6.61 Å². The predicted octanol–water partition coefficient (Wildman–Crippen LogP) is 1.41. The van der Waals surface area contributed by atoms with Crippen molar-refractivity contribution in [2.75, 3.05) is 18.6 Å². The summed E-state index contributed by atoms with van der Waals surface area (Å²) >= 11 is 0. The SMILES string of the molecule is CCOc1ccc(C(CCCS(C)(=O)=O)NN)cc1. The highest BCUT2D eigenvalue weighted by Gasteiger charge is 2.11. The smallest absolute Gasteiger partial charge is 0.147 e. The molecule has 5 nitrogen and oxygen atoms in total. The largest absolute Gasteiger partial charge is 0.494 e. The molecule has 6 heteroatoms. The number of hydrogen-bond acceptors (Lipinski definition) is 5. The maximum absolute atomic E-state index is 11.1. The lowest BCUT2D eigenvalue weighted by atomic mass is 10.0. The first-order valence-corrected chi connectivity index (χ1v) is 8.39.